The van der Waals surface area contributed by atoms with Crippen LogP contribution in [0.15, 0.2) is 30.3 Å². The molecule has 12 heavy (non-hydrogen) atoms. The number of para-hydroxylation sites is 1. The van der Waals surface area contributed by atoms with Gasteiger partial charge in [-0.1, -0.05) is 18.2 Å². The highest BCUT2D eigenvalue weighted by Crippen LogP contribution is 2.34. The lowest BCUT2D eigenvalue weighted by atomic mass is 10.3. The molecular weight excluding hydrogens is 173 g/mol. The molecule has 1 aromatic carbocycles. The average Bonchev–Trinajstić information content (AvgIpc) is 2.03. The van der Waals surface area contributed by atoms with Gasteiger partial charge in [0.1, 0.15) is 0 Å². The van der Waals surface area contributed by atoms with E-state index in [0.717, 1.165) is 5.69 Å². The van der Waals surface area contributed by atoms with Gasteiger partial charge in [-0.15, -0.1) is 0 Å². The van der Waals surface area contributed by atoms with Gasteiger partial charge in [-0.2, -0.15) is 0 Å². The monoisotopic (exact) mass is 185 g/mol. The van der Waals surface area contributed by atoms with E-state index in [4.69, 9.17) is 11.0 Å². The Morgan fingerprint density at radius 3 is 2.17 bits per heavy atom. The summed E-state index contributed by atoms with van der Waals surface area (Å²) in [6, 6.07) is 9.14. The highest BCUT2D eigenvalue weighted by atomic mass is 31.2. The Morgan fingerprint density at radius 2 is 1.75 bits per heavy atom. The van der Waals surface area contributed by atoms with Crippen LogP contribution in [0.2, 0.25) is 0 Å². The minimum atomic E-state index is -3.15. The fraction of sp³-hybridized carbons (Fsp3) is 0.143. The van der Waals surface area contributed by atoms with Crippen LogP contribution >= 0.6 is 7.59 Å². The number of nitrogens with two attached hydrogens (primary N) is 2. The molecule has 1 rings (SSSR count). The van der Waals surface area contributed by atoms with E-state index in [1.165, 1.54) is 4.67 Å². The van der Waals surface area contributed by atoms with Crippen LogP contribution in [-0.4, -0.2) is 7.05 Å². The van der Waals surface area contributed by atoms with Crippen molar-refractivity contribution in [3.8, 4) is 0 Å². The minimum Gasteiger partial charge on any atom is -0.303 e. The molecule has 0 fully saturated rings. The van der Waals surface area contributed by atoms with Crippen molar-refractivity contribution in [1.29, 1.82) is 0 Å². The van der Waals surface area contributed by atoms with Crippen LogP contribution in [0.3, 0.4) is 0 Å². The van der Waals surface area contributed by atoms with Gasteiger partial charge < -0.3 is 4.67 Å². The minimum absolute atomic E-state index is 0.755. The molecular formula is C7H12N3OP. The van der Waals surface area contributed by atoms with Gasteiger partial charge in [0.15, 0.2) is 0 Å². The van der Waals surface area contributed by atoms with Crippen molar-refractivity contribution in [2.75, 3.05) is 11.7 Å². The van der Waals surface area contributed by atoms with E-state index in [2.05, 4.69) is 0 Å². The first-order chi connectivity index (χ1) is 5.52. The molecule has 66 valence electrons. The van der Waals surface area contributed by atoms with Crippen LogP contribution < -0.4 is 15.7 Å². The number of rotatable bonds is 2. The molecule has 1 aromatic rings. The zero-order valence-corrected chi connectivity index (χ0v) is 7.74. The maximum absolute atomic E-state index is 11.2. The van der Waals surface area contributed by atoms with Gasteiger partial charge in [0.25, 0.3) is 7.59 Å². The fourth-order valence-electron chi connectivity index (χ4n) is 0.824. The quantitative estimate of drug-likeness (QED) is 0.678. The van der Waals surface area contributed by atoms with Gasteiger partial charge >= 0.3 is 0 Å². The standard InChI is InChI=1S/C7H12N3OP/c1-10(12(8,9)11)7-5-3-2-4-6-7/h2-6H,1H3,(H4,8,9,11). The summed E-state index contributed by atoms with van der Waals surface area (Å²) in [5.41, 5.74) is 11.3. The number of hydrogen-bond acceptors (Lipinski definition) is 1. The second-order valence-corrected chi connectivity index (χ2v) is 4.48. The molecule has 0 atom stereocenters. The first kappa shape index (κ1) is 9.26. The van der Waals surface area contributed by atoms with Crippen LogP contribution in [0.4, 0.5) is 5.69 Å². The number of benzene rings is 1. The summed E-state index contributed by atoms with van der Waals surface area (Å²) < 4.78 is 12.6. The second-order valence-electron chi connectivity index (χ2n) is 2.53. The highest BCUT2D eigenvalue weighted by Gasteiger charge is 2.15. The lowest BCUT2D eigenvalue weighted by Crippen LogP contribution is -2.24. The fourth-order valence-corrected chi connectivity index (χ4v) is 1.32. The Bertz CT molecular complexity index is 295. The predicted octanol–water partition coefficient (Wildman–Crippen LogP) is 1.15. The summed E-state index contributed by atoms with van der Waals surface area (Å²) in [6.07, 6.45) is 0. The lowest BCUT2D eigenvalue weighted by Gasteiger charge is -2.22. The first-order valence-corrected chi connectivity index (χ1v) is 5.28. The third-order valence-corrected chi connectivity index (χ3v) is 2.77. The molecule has 0 aliphatic carbocycles. The summed E-state index contributed by atoms with van der Waals surface area (Å²) in [4.78, 5) is 0. The van der Waals surface area contributed by atoms with Crippen LogP contribution in [0, 0.1) is 0 Å². The van der Waals surface area contributed by atoms with Gasteiger partial charge in [0.05, 0.1) is 0 Å². The average molecular weight is 185 g/mol. The Labute approximate surface area is 71.7 Å². The molecule has 0 heterocycles. The van der Waals surface area contributed by atoms with Gasteiger partial charge in [-0.3, -0.25) is 15.6 Å². The van der Waals surface area contributed by atoms with Crippen LogP contribution in [0.5, 0.6) is 0 Å². The summed E-state index contributed by atoms with van der Waals surface area (Å²) in [5, 5.41) is 0. The van der Waals surface area contributed by atoms with E-state index < -0.39 is 7.59 Å². The van der Waals surface area contributed by atoms with Gasteiger partial charge in [-0.05, 0) is 12.1 Å². The van der Waals surface area contributed by atoms with Crippen molar-refractivity contribution in [2.24, 2.45) is 11.0 Å². The van der Waals surface area contributed by atoms with E-state index >= 15 is 0 Å². The van der Waals surface area contributed by atoms with Crippen LogP contribution in [-0.2, 0) is 4.57 Å². The second kappa shape index (κ2) is 3.27. The summed E-state index contributed by atoms with van der Waals surface area (Å²) in [6.45, 7) is 0. The Balaban J connectivity index is 2.94. The molecule has 0 aromatic heterocycles. The normalized spacial score (nSPS) is 11.2. The van der Waals surface area contributed by atoms with E-state index in [1.807, 2.05) is 18.2 Å². The number of nitrogens with zero attached hydrogens (tertiary/aromatic N) is 1. The topological polar surface area (TPSA) is 72.3 Å². The van der Waals surface area contributed by atoms with Crippen molar-refractivity contribution >= 4 is 13.3 Å². The van der Waals surface area contributed by atoms with Crippen LogP contribution in [0.1, 0.15) is 0 Å². The highest BCUT2D eigenvalue weighted by molar-refractivity contribution is 7.60. The maximum atomic E-state index is 11.2. The molecule has 0 aliphatic heterocycles. The molecule has 5 heteroatoms. The van der Waals surface area contributed by atoms with Gasteiger partial charge in [-0.25, -0.2) is 0 Å². The van der Waals surface area contributed by atoms with E-state index in [9.17, 15) is 4.57 Å². The number of hydrogen-bond donors (Lipinski definition) is 2. The third kappa shape index (κ3) is 2.08. The Hall–Kier alpha value is -0.830. The smallest absolute Gasteiger partial charge is 0.300 e. The SMILES string of the molecule is CN(c1ccccc1)P(N)(N)=O. The van der Waals surface area contributed by atoms with Crippen molar-refractivity contribution in [1.82, 2.24) is 0 Å². The van der Waals surface area contributed by atoms with Crippen molar-refractivity contribution in [3.05, 3.63) is 30.3 Å². The summed E-state index contributed by atoms with van der Waals surface area (Å²) in [5.74, 6) is 0. The predicted molar refractivity (Wildman–Crippen MR) is 50.8 cm³/mol. The van der Waals surface area contributed by atoms with Gasteiger partial charge in [0.2, 0.25) is 0 Å². The third-order valence-electron chi connectivity index (χ3n) is 1.60. The zero-order chi connectivity index (χ0) is 9.19. The molecule has 4 nitrogen and oxygen atoms in total. The molecule has 0 amide bonds. The van der Waals surface area contributed by atoms with Gasteiger partial charge in [0, 0.05) is 12.7 Å². The summed E-state index contributed by atoms with van der Waals surface area (Å²) >= 11 is 0. The molecule has 0 spiro atoms. The van der Waals surface area contributed by atoms with Crippen molar-refractivity contribution in [2.45, 2.75) is 0 Å². The Morgan fingerprint density at radius 1 is 1.25 bits per heavy atom. The molecule has 0 saturated heterocycles. The zero-order valence-electron chi connectivity index (χ0n) is 6.84. The molecule has 0 saturated carbocycles. The molecule has 0 unspecified atom stereocenters. The van der Waals surface area contributed by atoms with E-state index in [-0.39, 0.29) is 0 Å². The van der Waals surface area contributed by atoms with E-state index in [0.29, 0.717) is 0 Å². The van der Waals surface area contributed by atoms with E-state index in [1.54, 1.807) is 19.2 Å². The summed E-state index contributed by atoms with van der Waals surface area (Å²) in [7, 11) is -1.54. The van der Waals surface area contributed by atoms with Crippen molar-refractivity contribution < 1.29 is 4.57 Å². The Kier molecular flexibility index (Phi) is 2.52. The largest absolute Gasteiger partial charge is 0.303 e. The van der Waals surface area contributed by atoms with Crippen molar-refractivity contribution in [3.63, 3.8) is 0 Å². The maximum Gasteiger partial charge on any atom is 0.300 e. The molecule has 0 aliphatic rings. The molecule has 0 bridgehead atoms. The molecule has 4 N–H and O–H groups in total. The van der Waals surface area contributed by atoms with Crippen LogP contribution in [0.25, 0.3) is 0 Å². The lowest BCUT2D eigenvalue weighted by molar-refractivity contribution is 0.575. The molecule has 0 radical (unpaired) electrons. The first-order valence-electron chi connectivity index (χ1n) is 3.48. The number of anilines is 1.